The van der Waals surface area contributed by atoms with E-state index in [1.165, 1.54) is 47.0 Å². The number of aromatic nitrogens is 1. The summed E-state index contributed by atoms with van der Waals surface area (Å²) in [7, 11) is 0. The summed E-state index contributed by atoms with van der Waals surface area (Å²) in [5.41, 5.74) is 2.24. The average molecular weight is 529 g/mol. The third kappa shape index (κ3) is 4.73. The summed E-state index contributed by atoms with van der Waals surface area (Å²) in [6.45, 7) is 1.87. The van der Waals surface area contributed by atoms with Crippen molar-refractivity contribution in [1.82, 2.24) is 10.3 Å². The Balaban J connectivity index is 1.32. The number of hydrogen-bond donors (Lipinski definition) is 1. The highest BCUT2D eigenvalue weighted by atomic mass is 35.5. The average Bonchev–Trinajstić information content (AvgIpc) is 3.50. The number of furan rings is 1. The number of aliphatic imine (C=N–C) groups is 1. The van der Waals surface area contributed by atoms with Crippen LogP contribution in [0, 0.1) is 17.0 Å². The van der Waals surface area contributed by atoms with Crippen LogP contribution < -0.4 is 5.32 Å². The topological polar surface area (TPSA) is 111 Å². The summed E-state index contributed by atoms with van der Waals surface area (Å²) < 4.78 is 7.26. The first-order chi connectivity index (χ1) is 16.4. The summed E-state index contributed by atoms with van der Waals surface area (Å²) in [4.78, 5) is 32.4. The number of nitro groups is 1. The summed E-state index contributed by atoms with van der Waals surface area (Å²) in [6.07, 6.45) is 1.65. The highest BCUT2D eigenvalue weighted by molar-refractivity contribution is 8.18. The lowest BCUT2D eigenvalue weighted by molar-refractivity contribution is -0.384. The van der Waals surface area contributed by atoms with Crippen molar-refractivity contribution in [3.63, 3.8) is 0 Å². The van der Waals surface area contributed by atoms with Crippen LogP contribution in [0.2, 0.25) is 5.02 Å². The molecule has 1 amide bonds. The van der Waals surface area contributed by atoms with Crippen LogP contribution in [0.3, 0.4) is 0 Å². The van der Waals surface area contributed by atoms with Crippen LogP contribution in [-0.4, -0.2) is 21.0 Å². The van der Waals surface area contributed by atoms with Crippen LogP contribution in [0.4, 0.5) is 11.4 Å². The van der Waals surface area contributed by atoms with Gasteiger partial charge < -0.3 is 9.73 Å². The van der Waals surface area contributed by atoms with E-state index in [1.807, 2.05) is 19.1 Å². The van der Waals surface area contributed by atoms with Gasteiger partial charge in [-0.3, -0.25) is 14.9 Å². The number of amides is 1. The monoisotopic (exact) mass is 528 g/mol. The molecule has 0 atom stereocenters. The fourth-order valence-corrected chi connectivity index (χ4v) is 6.03. The van der Waals surface area contributed by atoms with Gasteiger partial charge in [-0.25, -0.2) is 9.98 Å². The molecule has 2 aromatic carbocycles. The molecular weight excluding hydrogens is 516 g/mol. The maximum Gasteiger partial charge on any atom is 0.270 e. The van der Waals surface area contributed by atoms with E-state index in [-0.39, 0.29) is 11.6 Å². The van der Waals surface area contributed by atoms with Crippen molar-refractivity contribution in [1.29, 1.82) is 0 Å². The molecule has 1 aliphatic heterocycles. The maximum atomic E-state index is 12.4. The summed E-state index contributed by atoms with van der Waals surface area (Å²) >= 11 is 10.0. The number of amidine groups is 1. The number of fused-ring (bicyclic) bond motifs is 1. The highest BCUT2D eigenvalue weighted by Crippen LogP contribution is 2.37. The Kier molecular flexibility index (Phi) is 6.17. The number of nitro benzene ring substituents is 1. The van der Waals surface area contributed by atoms with Crippen LogP contribution >= 0.6 is 46.5 Å². The largest absolute Gasteiger partial charge is 0.450 e. The molecule has 1 saturated heterocycles. The molecule has 0 spiro atoms. The standard InChI is InChI=1S/C22H13ClN4O4S3/c1-11-14(23)3-2-4-15(11)24-21-26-20(28)18(32-21)10-13-6-8-19(31-13)34-22-25-16-7-5-12(27(29)30)9-17(16)33-22/h2-10H,1H3,(H,24,26,28)/b18-10-. The van der Waals surface area contributed by atoms with E-state index in [0.717, 1.165) is 10.3 Å². The van der Waals surface area contributed by atoms with Crippen LogP contribution in [0.5, 0.6) is 0 Å². The second kappa shape index (κ2) is 9.26. The molecule has 0 radical (unpaired) electrons. The Morgan fingerprint density at radius 2 is 2.12 bits per heavy atom. The third-order valence-electron chi connectivity index (χ3n) is 4.74. The lowest BCUT2D eigenvalue weighted by atomic mass is 10.2. The SMILES string of the molecule is Cc1c(Cl)cccc1N=C1NC(=O)/C(=C/c2ccc(Sc3nc4ccc([N+](=O)[O-])cc4s3)o2)S1. The number of rotatable bonds is 5. The highest BCUT2D eigenvalue weighted by Gasteiger charge is 2.24. The van der Waals surface area contributed by atoms with E-state index >= 15 is 0 Å². The zero-order valence-corrected chi connectivity index (χ0v) is 20.5. The van der Waals surface area contributed by atoms with Gasteiger partial charge in [-0.1, -0.05) is 17.7 Å². The molecule has 5 rings (SSSR count). The Morgan fingerprint density at radius 3 is 2.94 bits per heavy atom. The van der Waals surface area contributed by atoms with Gasteiger partial charge >= 0.3 is 0 Å². The van der Waals surface area contributed by atoms with Gasteiger partial charge in [0, 0.05) is 23.2 Å². The second-order valence-corrected chi connectivity index (χ2v) is 10.7. The van der Waals surface area contributed by atoms with Gasteiger partial charge in [-0.2, -0.15) is 0 Å². The molecule has 1 fully saturated rings. The summed E-state index contributed by atoms with van der Waals surface area (Å²) in [6, 6.07) is 13.5. The van der Waals surface area contributed by atoms with Crippen molar-refractivity contribution in [2.75, 3.05) is 0 Å². The molecule has 0 aliphatic carbocycles. The first-order valence-corrected chi connectivity index (χ1v) is 12.6. The number of nitrogens with one attached hydrogen (secondary N) is 1. The van der Waals surface area contributed by atoms with Crippen molar-refractivity contribution in [3.8, 4) is 0 Å². The molecule has 170 valence electrons. The van der Waals surface area contributed by atoms with E-state index in [0.29, 0.717) is 41.5 Å². The van der Waals surface area contributed by atoms with Crippen molar-refractivity contribution in [3.05, 3.63) is 79.9 Å². The second-order valence-electron chi connectivity index (χ2n) is 7.01. The lowest BCUT2D eigenvalue weighted by Crippen LogP contribution is -2.19. The molecule has 1 N–H and O–H groups in total. The first-order valence-electron chi connectivity index (χ1n) is 9.73. The molecule has 34 heavy (non-hydrogen) atoms. The van der Waals surface area contributed by atoms with Crippen LogP contribution in [0.1, 0.15) is 11.3 Å². The van der Waals surface area contributed by atoms with Gasteiger partial charge in [-0.05, 0) is 66.3 Å². The minimum absolute atomic E-state index is 0.0281. The number of thiazole rings is 1. The molecule has 0 saturated carbocycles. The van der Waals surface area contributed by atoms with Gasteiger partial charge in [0.1, 0.15) is 5.76 Å². The molecule has 0 bridgehead atoms. The molecule has 12 heteroatoms. The minimum Gasteiger partial charge on any atom is -0.450 e. The molecule has 3 heterocycles. The predicted molar refractivity (Wildman–Crippen MR) is 136 cm³/mol. The smallest absolute Gasteiger partial charge is 0.270 e. The zero-order chi connectivity index (χ0) is 23.8. The number of halogens is 1. The third-order valence-corrected chi connectivity index (χ3v) is 8.06. The molecule has 8 nitrogen and oxygen atoms in total. The predicted octanol–water partition coefficient (Wildman–Crippen LogP) is 6.80. The molecule has 4 aromatic rings. The van der Waals surface area contributed by atoms with Gasteiger partial charge in [-0.15, -0.1) is 11.3 Å². The van der Waals surface area contributed by atoms with Crippen LogP contribution in [-0.2, 0) is 4.79 Å². The fourth-order valence-electron chi connectivity index (χ4n) is 3.04. The van der Waals surface area contributed by atoms with E-state index in [4.69, 9.17) is 16.0 Å². The molecular formula is C22H13ClN4O4S3. The number of nitrogens with zero attached hydrogens (tertiary/aromatic N) is 3. The molecule has 0 unspecified atom stereocenters. The van der Waals surface area contributed by atoms with Crippen molar-refractivity contribution < 1.29 is 14.1 Å². The van der Waals surface area contributed by atoms with Gasteiger partial charge in [0.05, 0.1) is 25.7 Å². The number of non-ortho nitro benzene ring substituents is 1. The number of benzene rings is 2. The molecule has 2 aromatic heterocycles. The number of carbonyl (C=O) groups is 1. The summed E-state index contributed by atoms with van der Waals surface area (Å²) in [5, 5.41) is 15.4. The number of carbonyl (C=O) groups excluding carboxylic acids is 1. The van der Waals surface area contributed by atoms with Gasteiger partial charge in [0.25, 0.3) is 11.6 Å². The maximum absolute atomic E-state index is 12.4. The fraction of sp³-hybridized carbons (Fsp3) is 0.0455. The quantitative estimate of drug-likeness (QED) is 0.172. The summed E-state index contributed by atoms with van der Waals surface area (Å²) in [5.74, 6) is 0.249. The number of thioether (sulfide) groups is 1. The Morgan fingerprint density at radius 1 is 1.26 bits per heavy atom. The van der Waals surface area contributed by atoms with Gasteiger partial charge in [0.15, 0.2) is 14.6 Å². The van der Waals surface area contributed by atoms with E-state index in [1.54, 1.807) is 30.3 Å². The number of hydrogen-bond acceptors (Lipinski definition) is 9. The first kappa shape index (κ1) is 22.7. The Labute approximate surface area is 210 Å². The van der Waals surface area contributed by atoms with Crippen molar-refractivity contribution in [2.24, 2.45) is 4.99 Å². The van der Waals surface area contributed by atoms with E-state index in [2.05, 4.69) is 15.3 Å². The zero-order valence-electron chi connectivity index (χ0n) is 17.3. The van der Waals surface area contributed by atoms with Crippen LogP contribution in [0.15, 0.2) is 72.3 Å². The van der Waals surface area contributed by atoms with Crippen molar-refractivity contribution in [2.45, 2.75) is 16.4 Å². The van der Waals surface area contributed by atoms with Gasteiger partial charge in [0.2, 0.25) is 0 Å². The Bertz CT molecular complexity index is 1530. The van der Waals surface area contributed by atoms with Crippen LogP contribution in [0.25, 0.3) is 16.3 Å². The lowest BCUT2D eigenvalue weighted by Gasteiger charge is -2.02. The normalized spacial score (nSPS) is 16.0. The molecule has 1 aliphatic rings. The van der Waals surface area contributed by atoms with Crippen molar-refractivity contribution >= 4 is 85.2 Å². The van der Waals surface area contributed by atoms with E-state index in [9.17, 15) is 14.9 Å². The van der Waals surface area contributed by atoms with E-state index < -0.39 is 4.92 Å². The minimum atomic E-state index is -0.429. The Hall–Kier alpha value is -3.12.